The number of amides is 1. The lowest BCUT2D eigenvalue weighted by molar-refractivity contribution is -0.139. The van der Waals surface area contributed by atoms with Crippen molar-refractivity contribution in [3.05, 3.63) is 34.9 Å². The highest BCUT2D eigenvalue weighted by atomic mass is 127. The summed E-state index contributed by atoms with van der Waals surface area (Å²) in [6, 6.07) is 7.11. The molecule has 1 aromatic rings. The van der Waals surface area contributed by atoms with E-state index in [1.807, 2.05) is 28.7 Å². The number of carbonyl (C=O) groups is 2. The van der Waals surface area contributed by atoms with E-state index in [-0.39, 0.29) is 28.8 Å². The highest BCUT2D eigenvalue weighted by Crippen LogP contribution is 2.11. The van der Waals surface area contributed by atoms with Crippen LogP contribution in [-0.4, -0.2) is 29.5 Å². The molecule has 6 heteroatoms. The Morgan fingerprint density at radius 2 is 2.22 bits per heavy atom. The lowest BCUT2D eigenvalue weighted by Crippen LogP contribution is -2.34. The van der Waals surface area contributed by atoms with Gasteiger partial charge in [-0.1, -0.05) is 46.3 Å². The van der Waals surface area contributed by atoms with Gasteiger partial charge in [0.2, 0.25) is 5.91 Å². The van der Waals surface area contributed by atoms with E-state index in [1.165, 1.54) is 7.11 Å². The highest BCUT2D eigenvalue weighted by Gasteiger charge is 2.15. The van der Waals surface area contributed by atoms with Crippen LogP contribution in [0.3, 0.4) is 0 Å². The molecule has 0 saturated carbocycles. The fourth-order valence-corrected chi connectivity index (χ4v) is 2.00. The first-order valence-corrected chi connectivity index (χ1v) is 6.88. The van der Waals surface area contributed by atoms with Crippen molar-refractivity contribution in [2.75, 3.05) is 13.7 Å². The van der Waals surface area contributed by atoms with E-state index in [2.05, 4.69) is 10.1 Å². The van der Waals surface area contributed by atoms with E-state index in [1.54, 1.807) is 18.2 Å². The molecule has 1 N–H and O–H groups in total. The van der Waals surface area contributed by atoms with E-state index >= 15 is 0 Å². The minimum absolute atomic E-state index is 0.150. The molecule has 0 heterocycles. The molecule has 1 atom stereocenters. The number of esters is 1. The number of carbonyl (C=O) groups excluding carboxylic acids is 2. The van der Waals surface area contributed by atoms with Crippen LogP contribution in [0, 0.1) is 0 Å². The Morgan fingerprint density at radius 3 is 2.83 bits per heavy atom. The second-order valence-corrected chi connectivity index (χ2v) is 5.54. The fourth-order valence-electron chi connectivity index (χ4n) is 1.31. The van der Waals surface area contributed by atoms with Gasteiger partial charge in [-0.25, -0.2) is 0 Å². The number of ether oxygens (including phenoxy) is 1. The smallest absolute Gasteiger partial charge is 0.320 e. The summed E-state index contributed by atoms with van der Waals surface area (Å²) in [6.07, 6.45) is 0.241. The molecule has 98 valence electrons. The topological polar surface area (TPSA) is 55.4 Å². The summed E-state index contributed by atoms with van der Waals surface area (Å²) in [5, 5.41) is 3.27. The maximum Gasteiger partial charge on any atom is 0.320 e. The van der Waals surface area contributed by atoms with Gasteiger partial charge in [0.05, 0.1) is 13.5 Å². The van der Waals surface area contributed by atoms with Gasteiger partial charge in [0.15, 0.2) is 0 Å². The number of benzene rings is 1. The van der Waals surface area contributed by atoms with Crippen LogP contribution in [-0.2, 0) is 20.7 Å². The number of hydrogen-bond acceptors (Lipinski definition) is 3. The quantitative estimate of drug-likeness (QED) is 0.482. The van der Waals surface area contributed by atoms with E-state index in [0.717, 1.165) is 5.56 Å². The van der Waals surface area contributed by atoms with Gasteiger partial charge in [-0.15, -0.1) is 0 Å². The minimum Gasteiger partial charge on any atom is -0.468 e. The maximum absolute atomic E-state index is 11.6. The molecule has 0 bridgehead atoms. The Labute approximate surface area is 124 Å². The molecule has 1 unspecified atom stereocenters. The van der Waals surface area contributed by atoms with Crippen LogP contribution in [0.2, 0.25) is 5.02 Å². The molecule has 0 aliphatic carbocycles. The normalized spacial score (nSPS) is 11.7. The van der Waals surface area contributed by atoms with Crippen molar-refractivity contribution in [2.24, 2.45) is 0 Å². The first-order chi connectivity index (χ1) is 8.52. The molecule has 1 aromatic carbocycles. The van der Waals surface area contributed by atoms with Crippen molar-refractivity contribution in [3.63, 3.8) is 0 Å². The van der Waals surface area contributed by atoms with Gasteiger partial charge in [-0.2, -0.15) is 0 Å². The molecule has 0 saturated heterocycles. The average molecular weight is 382 g/mol. The average Bonchev–Trinajstić information content (AvgIpc) is 2.35. The van der Waals surface area contributed by atoms with Crippen molar-refractivity contribution < 1.29 is 14.3 Å². The third kappa shape index (κ3) is 5.22. The third-order valence-corrected chi connectivity index (χ3v) is 3.37. The van der Waals surface area contributed by atoms with Crippen LogP contribution in [0.1, 0.15) is 5.56 Å². The predicted octanol–water partition coefficient (Wildman–Crippen LogP) is 1.98. The summed E-state index contributed by atoms with van der Waals surface area (Å²) >= 11 is 7.75. The molecule has 0 aromatic heterocycles. The molecule has 0 aliphatic heterocycles. The monoisotopic (exact) mass is 381 g/mol. The molecular formula is C12H13ClINO3. The lowest BCUT2D eigenvalue weighted by Gasteiger charge is -2.09. The van der Waals surface area contributed by atoms with Crippen LogP contribution < -0.4 is 5.32 Å². The molecule has 18 heavy (non-hydrogen) atoms. The number of nitrogens with one attached hydrogen (secondary N) is 1. The Bertz CT molecular complexity index is 439. The molecule has 4 nitrogen and oxygen atoms in total. The van der Waals surface area contributed by atoms with E-state index in [9.17, 15) is 9.59 Å². The van der Waals surface area contributed by atoms with Crippen molar-refractivity contribution in [2.45, 2.75) is 10.3 Å². The van der Waals surface area contributed by atoms with Crippen molar-refractivity contribution in [1.29, 1.82) is 0 Å². The van der Waals surface area contributed by atoms with Gasteiger partial charge >= 0.3 is 5.97 Å². The Kier molecular flexibility index (Phi) is 6.42. The van der Waals surface area contributed by atoms with Gasteiger partial charge < -0.3 is 10.1 Å². The number of rotatable bonds is 5. The lowest BCUT2D eigenvalue weighted by atomic mass is 10.1. The van der Waals surface area contributed by atoms with Crippen molar-refractivity contribution >= 4 is 46.1 Å². The zero-order valence-corrected chi connectivity index (χ0v) is 12.7. The van der Waals surface area contributed by atoms with Crippen LogP contribution in [0.15, 0.2) is 24.3 Å². The van der Waals surface area contributed by atoms with Crippen LogP contribution in [0.25, 0.3) is 0 Å². The summed E-state index contributed by atoms with van der Waals surface area (Å²) < 4.78 is 4.18. The molecule has 0 spiro atoms. The first-order valence-electron chi connectivity index (χ1n) is 5.26. The molecular weight excluding hydrogens is 368 g/mol. The van der Waals surface area contributed by atoms with Crippen LogP contribution in [0.5, 0.6) is 0 Å². The highest BCUT2D eigenvalue weighted by molar-refractivity contribution is 14.1. The molecule has 0 aliphatic rings. The molecule has 0 radical (unpaired) electrons. The van der Waals surface area contributed by atoms with Gasteiger partial charge in [0, 0.05) is 11.6 Å². The minimum atomic E-state index is -0.379. The van der Waals surface area contributed by atoms with Crippen molar-refractivity contribution in [1.82, 2.24) is 5.32 Å². The Hall–Kier alpha value is -0.820. The zero-order chi connectivity index (χ0) is 13.5. The second kappa shape index (κ2) is 7.58. The third-order valence-electron chi connectivity index (χ3n) is 2.19. The number of hydrogen-bond donors (Lipinski definition) is 1. The van der Waals surface area contributed by atoms with E-state index < -0.39 is 0 Å². The summed E-state index contributed by atoms with van der Waals surface area (Å²) in [6.45, 7) is 0.257. The molecule has 1 rings (SSSR count). The Morgan fingerprint density at radius 1 is 1.50 bits per heavy atom. The SMILES string of the molecule is COC(=O)C(I)CNC(=O)Cc1cccc(Cl)c1. The number of halogens is 2. The van der Waals surface area contributed by atoms with Crippen molar-refractivity contribution in [3.8, 4) is 0 Å². The standard InChI is InChI=1S/C12H13ClINO3/c1-18-12(17)10(14)7-15-11(16)6-8-3-2-4-9(13)5-8/h2-5,10H,6-7H2,1H3,(H,15,16). The van der Waals surface area contributed by atoms with E-state index in [4.69, 9.17) is 11.6 Å². The largest absolute Gasteiger partial charge is 0.468 e. The Balaban J connectivity index is 2.41. The summed E-state index contributed by atoms with van der Waals surface area (Å²) in [4.78, 5) is 22.8. The van der Waals surface area contributed by atoms with Crippen LogP contribution >= 0.6 is 34.2 Å². The van der Waals surface area contributed by atoms with Gasteiger partial charge in [0.25, 0.3) is 0 Å². The first kappa shape index (κ1) is 15.2. The maximum atomic E-state index is 11.6. The zero-order valence-electron chi connectivity index (χ0n) is 9.78. The predicted molar refractivity (Wildman–Crippen MR) is 78.0 cm³/mol. The summed E-state index contributed by atoms with van der Waals surface area (Å²) in [5.74, 6) is -0.499. The van der Waals surface area contributed by atoms with Gasteiger partial charge in [-0.05, 0) is 17.7 Å². The summed E-state index contributed by atoms with van der Waals surface area (Å²) in [5.41, 5.74) is 0.836. The number of alkyl halides is 1. The second-order valence-electron chi connectivity index (χ2n) is 3.60. The van der Waals surface area contributed by atoms with Gasteiger partial charge in [0.1, 0.15) is 3.92 Å². The molecule has 1 amide bonds. The summed E-state index contributed by atoms with van der Waals surface area (Å²) in [7, 11) is 1.32. The van der Waals surface area contributed by atoms with Crippen LogP contribution in [0.4, 0.5) is 0 Å². The fraction of sp³-hybridized carbons (Fsp3) is 0.333. The number of methoxy groups -OCH3 is 1. The van der Waals surface area contributed by atoms with Gasteiger partial charge in [-0.3, -0.25) is 9.59 Å². The molecule has 0 fully saturated rings. The van der Waals surface area contributed by atoms with E-state index in [0.29, 0.717) is 5.02 Å².